The van der Waals surface area contributed by atoms with Crippen LogP contribution in [0, 0.1) is 28.6 Å². The molecule has 66 heavy (non-hydrogen) atoms. The van der Waals surface area contributed by atoms with Gasteiger partial charge in [0.25, 0.3) is 11.8 Å². The Labute approximate surface area is 390 Å². The van der Waals surface area contributed by atoms with Crippen molar-refractivity contribution >= 4 is 52.0 Å². The molecule has 4 amide bonds. The smallest absolute Gasteiger partial charge is 0.324 e. The first-order valence-electron chi connectivity index (χ1n) is 23.1. The number of nitrogens with one attached hydrogen (secondary N) is 2. The summed E-state index contributed by atoms with van der Waals surface area (Å²) in [7, 11) is 1.67. The summed E-state index contributed by atoms with van der Waals surface area (Å²) < 4.78 is 14.2. The lowest BCUT2D eigenvalue weighted by Crippen LogP contribution is -2.62. The molecule has 0 aliphatic carbocycles. The molecule has 4 aliphatic rings. The first-order chi connectivity index (χ1) is 31.6. The Bertz CT molecular complexity index is 2610. The van der Waals surface area contributed by atoms with E-state index in [0.717, 1.165) is 33.5 Å². The van der Waals surface area contributed by atoms with Crippen LogP contribution in [-0.2, 0) is 52.8 Å². The molecule has 0 aromatic carbocycles. The summed E-state index contributed by atoms with van der Waals surface area (Å²) >= 11 is 1.37. The van der Waals surface area contributed by atoms with Crippen LogP contribution >= 0.6 is 11.3 Å². The van der Waals surface area contributed by atoms with Crippen LogP contribution in [0.25, 0.3) is 33.7 Å². The molecule has 8 rings (SSSR count). The minimum atomic E-state index is -1.09. The molecular formula is C49H61N9O7S. The van der Waals surface area contributed by atoms with Crippen LogP contribution < -0.4 is 10.7 Å². The molecular weight excluding hydrogens is 859 g/mol. The Morgan fingerprint density at radius 3 is 2.61 bits per heavy atom. The summed E-state index contributed by atoms with van der Waals surface area (Å²) in [5, 5.41) is 6.99. The third-order valence-corrected chi connectivity index (χ3v) is 14.5. The minimum Gasteiger partial charge on any atom is -0.464 e. The first kappa shape index (κ1) is 46.8. The van der Waals surface area contributed by atoms with Crippen molar-refractivity contribution in [3.63, 3.8) is 0 Å². The standard InChI is InChI=1S/C49H61N9O7S/c1-9-13-39(59)55-22-18-49(27-55)19-23-57(47(49)63)42(29(3)4)44(60)53-35-24-38-51-36(26-66-38)33-16-17-37-41(52-33)32(43(56(37)10-2)31-14-11-20-50-40(31)30(5)64-8)25-48(6,7)28-65-46(62)34-15-12-21-58(54-34)45(35)61/h11,14,16-17,20,26,29-30,34-35,42,54H,10,12,15,18-19,21-25,27-28H2,1-8H3,(H,53,60)/t30-,34-,35-,42-,49-/m0/s1. The highest BCUT2D eigenvalue weighted by atomic mass is 32.1. The number of aromatic nitrogens is 4. The maximum atomic E-state index is 14.7. The number of hydrogen-bond acceptors (Lipinski definition) is 12. The van der Waals surface area contributed by atoms with E-state index in [1.165, 1.54) is 16.3 Å². The number of pyridine rings is 2. The highest BCUT2D eigenvalue weighted by molar-refractivity contribution is 7.10. The van der Waals surface area contributed by atoms with Gasteiger partial charge in [-0.05, 0) is 89.0 Å². The van der Waals surface area contributed by atoms with E-state index in [1.807, 2.05) is 38.3 Å². The number of rotatable bonds is 8. The van der Waals surface area contributed by atoms with Crippen molar-refractivity contribution in [3.05, 3.63) is 52.1 Å². The Balaban J connectivity index is 1.16. The highest BCUT2D eigenvalue weighted by Gasteiger charge is 2.54. The highest BCUT2D eigenvalue weighted by Crippen LogP contribution is 2.43. The van der Waals surface area contributed by atoms with E-state index in [2.05, 4.69) is 60.1 Å². The second-order valence-corrected chi connectivity index (χ2v) is 20.1. The van der Waals surface area contributed by atoms with Gasteiger partial charge in [0.05, 0.1) is 56.9 Å². The van der Waals surface area contributed by atoms with Crippen LogP contribution in [0.15, 0.2) is 35.8 Å². The molecule has 2 N–H and O–H groups in total. The number of amides is 4. The largest absolute Gasteiger partial charge is 0.464 e. The zero-order valence-electron chi connectivity index (χ0n) is 39.2. The number of hydrazine groups is 1. The summed E-state index contributed by atoms with van der Waals surface area (Å²) in [5.41, 5.74) is 8.54. The third-order valence-electron chi connectivity index (χ3n) is 13.6. The number of nitrogens with zero attached hydrogens (tertiary/aromatic N) is 7. The molecule has 8 heterocycles. The molecule has 5 atom stereocenters. The van der Waals surface area contributed by atoms with E-state index >= 15 is 0 Å². The SMILES string of the molecule is CC#CC(=O)N1CC[C@]2(CCN([C@H](C(=O)N[C@H]3Cc4nc(cs4)-c4ccc5c(n4)c(c(-c4cccnc4[C@H](C)OC)n5CC)CC(C)(C)COC(=O)[C@@H]4CCCN(N4)C3=O)C(C)C)C2=O)C1. The van der Waals surface area contributed by atoms with Gasteiger partial charge in [-0.15, -0.1) is 11.3 Å². The van der Waals surface area contributed by atoms with Gasteiger partial charge in [0, 0.05) is 74.4 Å². The molecule has 16 nitrogen and oxygen atoms in total. The van der Waals surface area contributed by atoms with Gasteiger partial charge >= 0.3 is 5.97 Å². The Morgan fingerprint density at radius 2 is 1.86 bits per heavy atom. The number of carbonyl (C=O) groups is 5. The van der Waals surface area contributed by atoms with E-state index in [0.29, 0.717) is 74.7 Å². The number of likely N-dealkylation sites (tertiary alicyclic amines) is 2. The molecule has 1 spiro atoms. The fraction of sp³-hybridized carbons (Fsp3) is 0.551. The van der Waals surface area contributed by atoms with Gasteiger partial charge in [0.1, 0.15) is 18.1 Å². The lowest BCUT2D eigenvalue weighted by molar-refractivity contribution is -0.155. The first-order valence-corrected chi connectivity index (χ1v) is 24.0. The maximum Gasteiger partial charge on any atom is 0.324 e. The number of cyclic esters (lactones) is 1. The van der Waals surface area contributed by atoms with Gasteiger partial charge in [0.2, 0.25) is 11.8 Å². The van der Waals surface area contributed by atoms with Gasteiger partial charge in [-0.25, -0.2) is 15.4 Å². The Hall–Kier alpha value is -5.70. The van der Waals surface area contributed by atoms with Crippen molar-refractivity contribution in [2.75, 3.05) is 39.9 Å². The van der Waals surface area contributed by atoms with Crippen molar-refractivity contribution in [3.8, 4) is 34.5 Å². The fourth-order valence-corrected chi connectivity index (χ4v) is 11.0. The summed E-state index contributed by atoms with van der Waals surface area (Å²) in [4.78, 5) is 88.5. The lowest BCUT2D eigenvalue weighted by Gasteiger charge is -2.36. The molecule has 4 aromatic heterocycles. The summed E-state index contributed by atoms with van der Waals surface area (Å²) in [5.74, 6) is 3.10. The number of methoxy groups -OCH3 is 1. The number of carbonyl (C=O) groups excluding carboxylic acids is 5. The Kier molecular flexibility index (Phi) is 13.4. The number of hydrogen-bond donors (Lipinski definition) is 2. The predicted molar refractivity (Wildman–Crippen MR) is 249 cm³/mol. The minimum absolute atomic E-state index is 0.0558. The van der Waals surface area contributed by atoms with E-state index < -0.39 is 46.7 Å². The topological polar surface area (TPSA) is 181 Å². The van der Waals surface area contributed by atoms with Gasteiger partial charge in [-0.3, -0.25) is 34.0 Å². The van der Waals surface area contributed by atoms with Crippen LogP contribution in [0.2, 0.25) is 0 Å². The molecule has 0 radical (unpaired) electrons. The van der Waals surface area contributed by atoms with Crippen molar-refractivity contribution in [1.29, 1.82) is 0 Å². The van der Waals surface area contributed by atoms with Crippen LogP contribution in [0.4, 0.5) is 0 Å². The molecule has 0 saturated carbocycles. The summed E-state index contributed by atoms with van der Waals surface area (Å²) in [6.45, 7) is 15.7. The average Bonchev–Trinajstić information content (AvgIpc) is 4.10. The number of thiazole rings is 1. The molecule has 17 heteroatoms. The zero-order valence-corrected chi connectivity index (χ0v) is 40.0. The number of fused-ring (bicyclic) bond motifs is 6. The van der Waals surface area contributed by atoms with E-state index in [1.54, 1.807) is 30.0 Å². The van der Waals surface area contributed by atoms with Gasteiger partial charge in [0.15, 0.2) is 0 Å². The number of ether oxygens (including phenoxy) is 2. The molecule has 0 unspecified atom stereocenters. The lowest BCUT2D eigenvalue weighted by atomic mass is 9.85. The summed E-state index contributed by atoms with van der Waals surface area (Å²) in [6, 6.07) is 5.26. The zero-order chi connectivity index (χ0) is 47.1. The Morgan fingerprint density at radius 1 is 1.08 bits per heavy atom. The van der Waals surface area contributed by atoms with E-state index in [-0.39, 0.29) is 43.4 Å². The quantitative estimate of drug-likeness (QED) is 0.178. The fourth-order valence-electron chi connectivity index (χ4n) is 10.2. The van der Waals surface area contributed by atoms with E-state index in [4.69, 9.17) is 24.4 Å². The van der Waals surface area contributed by atoms with E-state index in [9.17, 15) is 24.0 Å². The monoisotopic (exact) mass is 919 g/mol. The van der Waals surface area contributed by atoms with Gasteiger partial charge in [-0.1, -0.05) is 33.6 Å². The van der Waals surface area contributed by atoms with Crippen LogP contribution in [0.5, 0.6) is 0 Å². The molecule has 4 aromatic rings. The maximum absolute atomic E-state index is 14.7. The van der Waals surface area contributed by atoms with Gasteiger partial charge in [-0.2, -0.15) is 0 Å². The van der Waals surface area contributed by atoms with Crippen molar-refractivity contribution in [1.82, 2.24) is 45.1 Å². The van der Waals surface area contributed by atoms with Crippen molar-refractivity contribution in [2.24, 2.45) is 16.7 Å². The van der Waals surface area contributed by atoms with Crippen molar-refractivity contribution in [2.45, 2.75) is 118 Å². The predicted octanol–water partition coefficient (Wildman–Crippen LogP) is 5.10. The molecule has 3 fully saturated rings. The van der Waals surface area contributed by atoms with Gasteiger partial charge < -0.3 is 29.2 Å². The molecule has 350 valence electrons. The van der Waals surface area contributed by atoms with Crippen LogP contribution in [0.3, 0.4) is 0 Å². The average molecular weight is 920 g/mol. The molecule has 6 bridgehead atoms. The third kappa shape index (κ3) is 8.94. The second kappa shape index (κ2) is 18.9. The van der Waals surface area contributed by atoms with Crippen LogP contribution in [-0.4, -0.2) is 122 Å². The number of aryl methyl sites for hydroxylation is 1. The number of esters is 1. The second-order valence-electron chi connectivity index (χ2n) is 19.2. The molecule has 3 saturated heterocycles. The van der Waals surface area contributed by atoms with Crippen LogP contribution in [0.1, 0.15) is 96.5 Å². The van der Waals surface area contributed by atoms with Crippen molar-refractivity contribution < 1.29 is 33.4 Å². The molecule has 4 aliphatic heterocycles. The summed E-state index contributed by atoms with van der Waals surface area (Å²) in [6.07, 6.45) is 4.06. The normalized spacial score (nSPS) is 23.2.